The van der Waals surface area contributed by atoms with Gasteiger partial charge >= 0.3 is 5.97 Å². The first kappa shape index (κ1) is 15.1. The van der Waals surface area contributed by atoms with Gasteiger partial charge in [-0.25, -0.2) is 9.18 Å². The summed E-state index contributed by atoms with van der Waals surface area (Å²) in [6.07, 6.45) is 0. The second-order valence-electron chi connectivity index (χ2n) is 5.70. The molecule has 0 unspecified atom stereocenters. The van der Waals surface area contributed by atoms with E-state index in [1.807, 2.05) is 0 Å². The van der Waals surface area contributed by atoms with Crippen molar-refractivity contribution >= 4 is 28.7 Å². The molecule has 0 bridgehead atoms. The molecule has 1 aliphatic rings. The fraction of sp³-hybridized carbons (Fsp3) is 0.0556. The van der Waals surface area contributed by atoms with Crippen molar-refractivity contribution in [2.24, 2.45) is 0 Å². The molecule has 0 fully saturated rings. The first-order valence-corrected chi connectivity index (χ1v) is 7.44. The monoisotopic (exact) mass is 338 g/mol. The van der Waals surface area contributed by atoms with Gasteiger partial charge in [0.15, 0.2) is 0 Å². The molecule has 6 nitrogen and oxygen atoms in total. The normalized spacial score (nSPS) is 13.4. The molecular formula is C18H11FN2O4. The second-order valence-corrected chi connectivity index (χ2v) is 5.70. The first-order valence-electron chi connectivity index (χ1n) is 7.44. The van der Waals surface area contributed by atoms with Crippen LogP contribution in [0.4, 0.5) is 4.39 Å². The summed E-state index contributed by atoms with van der Waals surface area (Å²) in [7, 11) is 0. The van der Waals surface area contributed by atoms with E-state index in [1.165, 1.54) is 30.3 Å². The van der Waals surface area contributed by atoms with Gasteiger partial charge in [-0.2, -0.15) is 0 Å². The van der Waals surface area contributed by atoms with E-state index in [4.69, 9.17) is 4.84 Å². The van der Waals surface area contributed by atoms with Crippen LogP contribution in [0.15, 0.2) is 42.5 Å². The van der Waals surface area contributed by atoms with Gasteiger partial charge in [0.1, 0.15) is 11.5 Å². The zero-order valence-corrected chi connectivity index (χ0v) is 13.0. The minimum absolute atomic E-state index is 0.0141. The number of aryl methyl sites for hydroxylation is 1. The summed E-state index contributed by atoms with van der Waals surface area (Å²) in [6.45, 7) is 1.71. The van der Waals surface area contributed by atoms with E-state index in [0.717, 1.165) is 0 Å². The maximum absolute atomic E-state index is 13.5. The Hall–Kier alpha value is -3.48. The number of aromatic nitrogens is 1. The standard InChI is InChI=1S/C18H11FN2O4/c1-9-6-10(19)7-14-13(9)8-15(20-14)18(24)25-21-16(22)11-4-2-3-5-12(11)17(21)23/h2-8,20H,1H3. The number of halogens is 1. The summed E-state index contributed by atoms with van der Waals surface area (Å²) in [4.78, 5) is 44.5. The number of hydrogen-bond donors (Lipinski definition) is 1. The third-order valence-corrected chi connectivity index (χ3v) is 4.06. The zero-order chi connectivity index (χ0) is 17.7. The molecule has 0 saturated carbocycles. The van der Waals surface area contributed by atoms with Crippen molar-refractivity contribution in [2.45, 2.75) is 6.92 Å². The Bertz CT molecular complexity index is 1040. The van der Waals surface area contributed by atoms with Gasteiger partial charge < -0.3 is 9.82 Å². The number of carbonyl (C=O) groups is 3. The van der Waals surface area contributed by atoms with Gasteiger partial charge in [-0.05, 0) is 42.8 Å². The van der Waals surface area contributed by atoms with Gasteiger partial charge in [-0.15, -0.1) is 0 Å². The van der Waals surface area contributed by atoms with E-state index in [-0.39, 0.29) is 16.8 Å². The molecule has 3 aromatic rings. The van der Waals surface area contributed by atoms with Gasteiger partial charge in [-0.3, -0.25) is 9.59 Å². The van der Waals surface area contributed by atoms with Crippen molar-refractivity contribution < 1.29 is 23.6 Å². The summed E-state index contributed by atoms with van der Waals surface area (Å²) in [5.74, 6) is -2.75. The predicted molar refractivity (Wildman–Crippen MR) is 85.4 cm³/mol. The number of fused-ring (bicyclic) bond motifs is 2. The van der Waals surface area contributed by atoms with Crippen molar-refractivity contribution in [1.82, 2.24) is 10.0 Å². The van der Waals surface area contributed by atoms with Crippen molar-refractivity contribution in [2.75, 3.05) is 0 Å². The zero-order valence-electron chi connectivity index (χ0n) is 13.0. The molecule has 0 aliphatic carbocycles. The topological polar surface area (TPSA) is 79.5 Å². The lowest BCUT2D eigenvalue weighted by molar-refractivity contribution is -0.0587. The molecule has 0 saturated heterocycles. The molecule has 25 heavy (non-hydrogen) atoms. The smallest absolute Gasteiger partial charge is 0.349 e. The average Bonchev–Trinajstić information content (AvgIpc) is 3.11. The Labute approximate surface area is 140 Å². The summed E-state index contributed by atoms with van der Waals surface area (Å²) < 4.78 is 13.5. The van der Waals surface area contributed by atoms with Crippen molar-refractivity contribution in [1.29, 1.82) is 0 Å². The van der Waals surface area contributed by atoms with E-state index in [1.54, 1.807) is 19.1 Å². The SMILES string of the molecule is Cc1cc(F)cc2[nH]c(C(=O)ON3C(=O)c4ccccc4C3=O)cc12. The minimum atomic E-state index is -0.912. The lowest BCUT2D eigenvalue weighted by Crippen LogP contribution is -2.32. The van der Waals surface area contributed by atoms with Crippen LogP contribution in [-0.4, -0.2) is 27.8 Å². The molecule has 0 spiro atoms. The third kappa shape index (κ3) is 2.28. The number of nitrogens with one attached hydrogen (secondary N) is 1. The van der Waals surface area contributed by atoms with Gasteiger partial charge in [0, 0.05) is 10.9 Å². The quantitative estimate of drug-likeness (QED) is 0.729. The Morgan fingerprint density at radius 1 is 1.08 bits per heavy atom. The number of hydrogen-bond acceptors (Lipinski definition) is 4. The van der Waals surface area contributed by atoms with Crippen LogP contribution in [0.2, 0.25) is 0 Å². The van der Waals surface area contributed by atoms with Crippen LogP contribution in [0.1, 0.15) is 36.8 Å². The Morgan fingerprint density at radius 3 is 2.36 bits per heavy atom. The molecular weight excluding hydrogens is 327 g/mol. The predicted octanol–water partition coefficient (Wildman–Crippen LogP) is 2.98. The Morgan fingerprint density at radius 2 is 1.72 bits per heavy atom. The molecule has 1 N–H and O–H groups in total. The number of benzene rings is 2. The summed E-state index contributed by atoms with van der Waals surface area (Å²) in [5.41, 5.74) is 1.43. The lowest BCUT2D eigenvalue weighted by atomic mass is 10.1. The van der Waals surface area contributed by atoms with Crippen molar-refractivity contribution in [3.05, 3.63) is 70.7 Å². The summed E-state index contributed by atoms with van der Waals surface area (Å²) >= 11 is 0. The average molecular weight is 338 g/mol. The van der Waals surface area contributed by atoms with E-state index < -0.39 is 23.6 Å². The van der Waals surface area contributed by atoms with E-state index in [9.17, 15) is 18.8 Å². The number of nitrogens with zero attached hydrogens (tertiary/aromatic N) is 1. The van der Waals surface area contributed by atoms with Crippen LogP contribution in [-0.2, 0) is 4.84 Å². The minimum Gasteiger partial charge on any atom is -0.349 e. The molecule has 7 heteroatoms. The molecule has 2 amide bonds. The summed E-state index contributed by atoms with van der Waals surface area (Å²) in [5, 5.41) is 1.09. The molecule has 1 aromatic heterocycles. The Kier molecular flexibility index (Phi) is 3.18. The highest BCUT2D eigenvalue weighted by atomic mass is 19.1. The van der Waals surface area contributed by atoms with Crippen LogP contribution < -0.4 is 0 Å². The van der Waals surface area contributed by atoms with Crippen molar-refractivity contribution in [3.63, 3.8) is 0 Å². The van der Waals surface area contributed by atoms with Crippen LogP contribution in [0.5, 0.6) is 0 Å². The molecule has 0 atom stereocenters. The highest BCUT2D eigenvalue weighted by Crippen LogP contribution is 2.25. The molecule has 4 rings (SSSR count). The highest BCUT2D eigenvalue weighted by molar-refractivity contribution is 6.21. The fourth-order valence-electron chi connectivity index (χ4n) is 2.87. The third-order valence-electron chi connectivity index (χ3n) is 4.06. The van der Waals surface area contributed by atoms with Crippen LogP contribution in [0.3, 0.4) is 0 Å². The number of H-pyrrole nitrogens is 1. The number of aromatic amines is 1. The van der Waals surface area contributed by atoms with Crippen LogP contribution in [0.25, 0.3) is 10.9 Å². The fourth-order valence-corrected chi connectivity index (χ4v) is 2.87. The number of carbonyl (C=O) groups excluding carboxylic acids is 3. The lowest BCUT2D eigenvalue weighted by Gasteiger charge is -2.11. The van der Waals surface area contributed by atoms with Gasteiger partial charge in [-0.1, -0.05) is 17.2 Å². The van der Waals surface area contributed by atoms with E-state index >= 15 is 0 Å². The molecule has 2 aromatic carbocycles. The molecule has 1 aliphatic heterocycles. The number of imide groups is 1. The number of amides is 2. The number of rotatable bonds is 2. The van der Waals surface area contributed by atoms with Gasteiger partial charge in [0.25, 0.3) is 11.8 Å². The van der Waals surface area contributed by atoms with E-state index in [2.05, 4.69) is 4.98 Å². The van der Waals surface area contributed by atoms with Gasteiger partial charge in [0.2, 0.25) is 0 Å². The first-order chi connectivity index (χ1) is 12.0. The summed E-state index contributed by atoms with van der Waals surface area (Å²) in [6, 6.07) is 10.3. The Balaban J connectivity index is 1.64. The molecule has 0 radical (unpaired) electrons. The molecule has 2 heterocycles. The number of hydroxylamine groups is 2. The van der Waals surface area contributed by atoms with Crippen molar-refractivity contribution in [3.8, 4) is 0 Å². The maximum Gasteiger partial charge on any atom is 0.380 e. The van der Waals surface area contributed by atoms with Crippen LogP contribution in [0, 0.1) is 12.7 Å². The largest absolute Gasteiger partial charge is 0.380 e. The highest BCUT2D eigenvalue weighted by Gasteiger charge is 2.39. The second kappa shape index (κ2) is 5.27. The maximum atomic E-state index is 13.5. The van der Waals surface area contributed by atoms with E-state index in [0.29, 0.717) is 21.5 Å². The van der Waals surface area contributed by atoms with Crippen LogP contribution >= 0.6 is 0 Å². The molecule has 124 valence electrons. The van der Waals surface area contributed by atoms with Gasteiger partial charge in [0.05, 0.1) is 11.1 Å².